The molecule has 0 aliphatic carbocycles. The molecule has 160 valence electrons. The Hall–Kier alpha value is -3.33. The summed E-state index contributed by atoms with van der Waals surface area (Å²) in [6.07, 6.45) is 0. The van der Waals surface area contributed by atoms with Crippen LogP contribution in [-0.2, 0) is 20.9 Å². The van der Waals surface area contributed by atoms with Gasteiger partial charge in [-0.1, -0.05) is 6.92 Å². The van der Waals surface area contributed by atoms with E-state index in [4.69, 9.17) is 0 Å². The molecule has 0 saturated heterocycles. The van der Waals surface area contributed by atoms with Gasteiger partial charge in [0.25, 0.3) is 0 Å². The van der Waals surface area contributed by atoms with Gasteiger partial charge in [0.15, 0.2) is 0 Å². The molecule has 2 aromatic rings. The highest BCUT2D eigenvalue weighted by molar-refractivity contribution is 5.93. The molecule has 0 saturated carbocycles. The SMILES string of the molecule is CCN(CC(=O)NCc1cc(F)cc(F)c1)CC(=O)Nc1ccc(NC(C)=O)cc1. The molecular formula is C21H24F2N4O3. The zero-order chi connectivity index (χ0) is 22.1. The third-order valence-corrected chi connectivity index (χ3v) is 4.08. The lowest BCUT2D eigenvalue weighted by Gasteiger charge is -2.19. The van der Waals surface area contributed by atoms with Gasteiger partial charge in [0.2, 0.25) is 17.7 Å². The molecule has 30 heavy (non-hydrogen) atoms. The molecule has 0 radical (unpaired) electrons. The summed E-state index contributed by atoms with van der Waals surface area (Å²) >= 11 is 0. The molecule has 0 aliphatic rings. The van der Waals surface area contributed by atoms with Crippen molar-refractivity contribution in [1.29, 1.82) is 0 Å². The first-order chi connectivity index (χ1) is 14.2. The highest BCUT2D eigenvalue weighted by Crippen LogP contribution is 2.13. The average molecular weight is 418 g/mol. The second-order valence-electron chi connectivity index (χ2n) is 6.66. The minimum atomic E-state index is -0.712. The summed E-state index contributed by atoms with van der Waals surface area (Å²) in [5.41, 5.74) is 1.48. The van der Waals surface area contributed by atoms with Crippen LogP contribution >= 0.6 is 0 Å². The number of benzene rings is 2. The van der Waals surface area contributed by atoms with Crippen molar-refractivity contribution in [2.75, 3.05) is 30.3 Å². The largest absolute Gasteiger partial charge is 0.351 e. The minimum absolute atomic E-state index is 0.00798. The van der Waals surface area contributed by atoms with Crippen LogP contribution in [0.3, 0.4) is 0 Å². The molecule has 0 heterocycles. The van der Waals surface area contributed by atoms with Gasteiger partial charge in [-0.2, -0.15) is 0 Å². The van der Waals surface area contributed by atoms with E-state index >= 15 is 0 Å². The van der Waals surface area contributed by atoms with Crippen molar-refractivity contribution in [3.63, 3.8) is 0 Å². The first-order valence-corrected chi connectivity index (χ1v) is 9.36. The van der Waals surface area contributed by atoms with E-state index in [9.17, 15) is 23.2 Å². The number of hydrogen-bond donors (Lipinski definition) is 3. The Labute approximate surface area is 173 Å². The van der Waals surface area contributed by atoms with E-state index < -0.39 is 11.6 Å². The third-order valence-electron chi connectivity index (χ3n) is 4.08. The van der Waals surface area contributed by atoms with E-state index in [1.807, 2.05) is 6.92 Å². The number of hydrogen-bond acceptors (Lipinski definition) is 4. The number of likely N-dealkylation sites (N-methyl/N-ethyl adjacent to an activating group) is 1. The molecule has 9 heteroatoms. The molecule has 7 nitrogen and oxygen atoms in total. The smallest absolute Gasteiger partial charge is 0.238 e. The van der Waals surface area contributed by atoms with E-state index in [0.29, 0.717) is 23.5 Å². The van der Waals surface area contributed by atoms with Gasteiger partial charge in [-0.05, 0) is 48.5 Å². The highest BCUT2D eigenvalue weighted by Gasteiger charge is 2.13. The number of anilines is 2. The Kier molecular flexibility index (Phi) is 8.42. The fourth-order valence-corrected chi connectivity index (χ4v) is 2.70. The molecule has 0 fully saturated rings. The summed E-state index contributed by atoms with van der Waals surface area (Å²) < 4.78 is 26.4. The average Bonchev–Trinajstić information content (AvgIpc) is 2.66. The Morgan fingerprint density at radius 3 is 1.93 bits per heavy atom. The van der Waals surface area contributed by atoms with Crippen molar-refractivity contribution in [2.45, 2.75) is 20.4 Å². The Morgan fingerprint density at radius 2 is 1.40 bits per heavy atom. The van der Waals surface area contributed by atoms with Crippen LogP contribution in [0.25, 0.3) is 0 Å². The van der Waals surface area contributed by atoms with Gasteiger partial charge >= 0.3 is 0 Å². The number of rotatable bonds is 9. The van der Waals surface area contributed by atoms with Crippen LogP contribution in [0, 0.1) is 11.6 Å². The van der Waals surface area contributed by atoms with Crippen LogP contribution < -0.4 is 16.0 Å². The molecule has 2 aromatic carbocycles. The lowest BCUT2D eigenvalue weighted by Crippen LogP contribution is -2.40. The fourth-order valence-electron chi connectivity index (χ4n) is 2.70. The number of halogens is 2. The van der Waals surface area contributed by atoms with E-state index in [0.717, 1.165) is 18.2 Å². The lowest BCUT2D eigenvalue weighted by atomic mass is 10.2. The van der Waals surface area contributed by atoms with Gasteiger partial charge in [-0.15, -0.1) is 0 Å². The highest BCUT2D eigenvalue weighted by atomic mass is 19.1. The Bertz CT molecular complexity index is 883. The van der Waals surface area contributed by atoms with Gasteiger partial charge in [0, 0.05) is 30.9 Å². The molecule has 0 aromatic heterocycles. The van der Waals surface area contributed by atoms with Crippen molar-refractivity contribution in [3.8, 4) is 0 Å². The van der Waals surface area contributed by atoms with Crippen LogP contribution in [0.5, 0.6) is 0 Å². The van der Waals surface area contributed by atoms with E-state index in [1.54, 1.807) is 29.2 Å². The van der Waals surface area contributed by atoms with E-state index in [-0.39, 0.29) is 37.4 Å². The number of amides is 3. The number of carbonyl (C=O) groups excluding carboxylic acids is 3. The predicted molar refractivity (Wildman–Crippen MR) is 110 cm³/mol. The maximum absolute atomic E-state index is 13.2. The van der Waals surface area contributed by atoms with Crippen molar-refractivity contribution in [1.82, 2.24) is 10.2 Å². The molecular weight excluding hydrogens is 394 g/mol. The standard InChI is InChI=1S/C21H24F2N4O3/c1-3-27(12-20(29)24-11-15-8-16(22)10-17(23)9-15)13-21(30)26-19-6-4-18(5-7-19)25-14(2)28/h4-10H,3,11-13H2,1-2H3,(H,24,29)(H,25,28)(H,26,30). The number of carbonyl (C=O) groups is 3. The maximum Gasteiger partial charge on any atom is 0.238 e. The fraction of sp³-hybridized carbons (Fsp3) is 0.286. The summed E-state index contributed by atoms with van der Waals surface area (Å²) in [5.74, 6) is -2.28. The van der Waals surface area contributed by atoms with Crippen LogP contribution in [0.4, 0.5) is 20.2 Å². The first-order valence-electron chi connectivity index (χ1n) is 9.36. The molecule has 0 bridgehead atoms. The minimum Gasteiger partial charge on any atom is -0.351 e. The van der Waals surface area contributed by atoms with Crippen LogP contribution in [0.2, 0.25) is 0 Å². The first kappa shape index (κ1) is 23.0. The van der Waals surface area contributed by atoms with Crippen LogP contribution in [0.15, 0.2) is 42.5 Å². The molecule has 3 N–H and O–H groups in total. The van der Waals surface area contributed by atoms with Crippen molar-refractivity contribution >= 4 is 29.1 Å². The summed E-state index contributed by atoms with van der Waals surface area (Å²) in [4.78, 5) is 37.0. The zero-order valence-corrected chi connectivity index (χ0v) is 16.8. The van der Waals surface area contributed by atoms with E-state index in [2.05, 4.69) is 16.0 Å². The Morgan fingerprint density at radius 1 is 0.867 bits per heavy atom. The van der Waals surface area contributed by atoms with Gasteiger partial charge < -0.3 is 16.0 Å². The quantitative estimate of drug-likeness (QED) is 0.584. The van der Waals surface area contributed by atoms with Crippen molar-refractivity contribution in [2.24, 2.45) is 0 Å². The normalized spacial score (nSPS) is 10.6. The molecule has 0 spiro atoms. The second-order valence-corrected chi connectivity index (χ2v) is 6.66. The third kappa shape index (κ3) is 7.96. The molecule has 3 amide bonds. The van der Waals surface area contributed by atoms with Crippen molar-refractivity contribution in [3.05, 3.63) is 59.7 Å². The summed E-state index contributed by atoms with van der Waals surface area (Å²) in [5, 5.41) is 7.94. The monoisotopic (exact) mass is 418 g/mol. The van der Waals surface area contributed by atoms with E-state index in [1.165, 1.54) is 6.92 Å². The van der Waals surface area contributed by atoms with Gasteiger partial charge in [-0.3, -0.25) is 19.3 Å². The number of nitrogens with zero attached hydrogens (tertiary/aromatic N) is 1. The molecule has 2 rings (SSSR count). The predicted octanol–water partition coefficient (Wildman–Crippen LogP) is 2.50. The van der Waals surface area contributed by atoms with Crippen molar-refractivity contribution < 1.29 is 23.2 Å². The van der Waals surface area contributed by atoms with Gasteiger partial charge in [-0.25, -0.2) is 8.78 Å². The summed E-state index contributed by atoms with van der Waals surface area (Å²) in [6, 6.07) is 9.69. The summed E-state index contributed by atoms with van der Waals surface area (Å²) in [7, 11) is 0. The Balaban J connectivity index is 1.81. The zero-order valence-electron chi connectivity index (χ0n) is 16.8. The second kappa shape index (κ2) is 11.0. The maximum atomic E-state index is 13.2. The topological polar surface area (TPSA) is 90.5 Å². The van der Waals surface area contributed by atoms with Gasteiger partial charge in [0.05, 0.1) is 13.1 Å². The summed E-state index contributed by atoms with van der Waals surface area (Å²) in [6.45, 7) is 3.61. The molecule has 0 unspecified atom stereocenters. The van der Waals surface area contributed by atoms with Gasteiger partial charge in [0.1, 0.15) is 11.6 Å². The lowest BCUT2D eigenvalue weighted by molar-refractivity contribution is -0.123. The number of nitrogens with one attached hydrogen (secondary N) is 3. The van der Waals surface area contributed by atoms with Crippen LogP contribution in [-0.4, -0.2) is 42.3 Å². The molecule has 0 atom stereocenters. The molecule has 0 aliphatic heterocycles. The van der Waals surface area contributed by atoms with Crippen LogP contribution in [0.1, 0.15) is 19.4 Å².